The molecule has 0 bridgehead atoms. The Balaban J connectivity index is 1.95. The number of pyridine rings is 2. The van der Waals surface area contributed by atoms with Crippen LogP contribution in [0.2, 0.25) is 0 Å². The number of ether oxygens (including phenoxy) is 1. The van der Waals surface area contributed by atoms with Crippen molar-refractivity contribution in [3.8, 4) is 5.88 Å². The van der Waals surface area contributed by atoms with Gasteiger partial charge in [0.15, 0.2) is 0 Å². The fourth-order valence-electron chi connectivity index (χ4n) is 3.08. The molecular formula is C19H14F5N5O6S. The summed E-state index contributed by atoms with van der Waals surface area (Å²) in [5.74, 6) is -6.32. The highest BCUT2D eigenvalue weighted by molar-refractivity contribution is 7.62. The van der Waals surface area contributed by atoms with Crippen LogP contribution >= 0.6 is 0 Å². The molecule has 0 spiro atoms. The van der Waals surface area contributed by atoms with Gasteiger partial charge >= 0.3 is 22.8 Å². The molecule has 1 aliphatic rings. The lowest BCUT2D eigenvalue weighted by molar-refractivity contribution is -0.137. The number of aromatic nitrogens is 2. The molecule has 0 aromatic carbocycles. The van der Waals surface area contributed by atoms with E-state index in [9.17, 15) is 44.8 Å². The van der Waals surface area contributed by atoms with Crippen LogP contribution in [0.15, 0.2) is 35.0 Å². The number of carbonyl (C=O) groups is 3. The van der Waals surface area contributed by atoms with Crippen LogP contribution < -0.4 is 15.0 Å². The van der Waals surface area contributed by atoms with E-state index < -0.39 is 89.1 Å². The number of nitrogens with zero attached hydrogens (tertiary/aromatic N) is 4. The molecule has 36 heavy (non-hydrogen) atoms. The van der Waals surface area contributed by atoms with Crippen molar-refractivity contribution in [2.45, 2.75) is 31.4 Å². The normalized spacial score (nSPS) is 15.6. The molecule has 1 N–H and O–H groups in total. The topological polar surface area (TPSA) is 148 Å². The number of alkyl halides is 5. The summed E-state index contributed by atoms with van der Waals surface area (Å²) in [4.78, 5) is 44.6. The van der Waals surface area contributed by atoms with Crippen LogP contribution in [0.1, 0.15) is 35.2 Å². The first kappa shape index (κ1) is 26.6. The van der Waals surface area contributed by atoms with Crippen molar-refractivity contribution in [1.82, 2.24) is 9.97 Å². The van der Waals surface area contributed by atoms with Gasteiger partial charge in [0.05, 0.1) is 11.1 Å². The zero-order valence-electron chi connectivity index (χ0n) is 17.8. The zero-order valence-corrected chi connectivity index (χ0v) is 18.6. The molecule has 192 valence electrons. The molecule has 3 amide bonds. The van der Waals surface area contributed by atoms with Gasteiger partial charge in [-0.3, -0.25) is 14.5 Å². The van der Waals surface area contributed by atoms with Crippen molar-refractivity contribution in [3.63, 3.8) is 0 Å². The van der Waals surface area contributed by atoms with Gasteiger partial charge in [-0.05, 0) is 12.1 Å². The van der Waals surface area contributed by atoms with Crippen molar-refractivity contribution in [3.05, 3.63) is 41.7 Å². The van der Waals surface area contributed by atoms with Crippen molar-refractivity contribution >= 4 is 39.9 Å². The standard InChI is InChI=1S/C19H14F5N5O6S/c20-18(21)3-1-14(30)29(6-4-18)15-12(7-10(9-26-15)19(22,23)24)16(31)27-11-2-5-25-13(8-11)35-17(32)28-36(33)34/h2,5,7-9H,1,3-4,6H2,(H,25,27,31). The summed E-state index contributed by atoms with van der Waals surface area (Å²) >= 11 is 0. The molecule has 0 aliphatic carbocycles. The summed E-state index contributed by atoms with van der Waals surface area (Å²) in [6.07, 6.45) is -7.27. The number of hydrogen-bond donors (Lipinski definition) is 1. The van der Waals surface area contributed by atoms with Gasteiger partial charge in [-0.1, -0.05) is 4.36 Å². The van der Waals surface area contributed by atoms with Gasteiger partial charge in [0.25, 0.3) is 5.91 Å². The molecule has 0 atom stereocenters. The lowest BCUT2D eigenvalue weighted by Crippen LogP contribution is -2.33. The van der Waals surface area contributed by atoms with Crippen LogP contribution in [0, 0.1) is 0 Å². The number of amides is 3. The highest BCUT2D eigenvalue weighted by atomic mass is 32.2. The summed E-state index contributed by atoms with van der Waals surface area (Å²) in [5, 5.41) is 2.20. The van der Waals surface area contributed by atoms with E-state index in [2.05, 4.69) is 24.4 Å². The van der Waals surface area contributed by atoms with Crippen LogP contribution in [0.25, 0.3) is 0 Å². The second-order valence-corrected chi connectivity index (χ2v) is 7.87. The van der Waals surface area contributed by atoms with E-state index >= 15 is 0 Å². The van der Waals surface area contributed by atoms with E-state index in [1.165, 1.54) is 0 Å². The van der Waals surface area contributed by atoms with Crippen LogP contribution in [0.4, 0.5) is 38.3 Å². The van der Waals surface area contributed by atoms with Gasteiger partial charge in [0.2, 0.25) is 17.7 Å². The largest absolute Gasteiger partial charge is 0.455 e. The second kappa shape index (κ2) is 10.3. The molecule has 3 rings (SSSR count). The van der Waals surface area contributed by atoms with E-state index in [0.29, 0.717) is 12.3 Å². The average Bonchev–Trinajstić information content (AvgIpc) is 2.90. The quantitative estimate of drug-likeness (QED) is 0.586. The SMILES string of the molecule is O=C(N=S(=O)=O)Oc1cc(NC(=O)c2cc(C(F)(F)F)cnc2N2CCC(F)(F)CCC2=O)ccn1. The molecule has 1 fully saturated rings. The maximum atomic E-state index is 13.8. The Kier molecular flexibility index (Phi) is 7.61. The summed E-state index contributed by atoms with van der Waals surface area (Å²) in [5.41, 5.74) is -2.24. The third-order valence-electron chi connectivity index (χ3n) is 4.73. The summed E-state index contributed by atoms with van der Waals surface area (Å²) in [7, 11) is -3.11. The minimum absolute atomic E-state index is 0.168. The fourth-order valence-corrected chi connectivity index (χ4v) is 3.24. The number of nitrogens with one attached hydrogen (secondary N) is 1. The van der Waals surface area contributed by atoms with Crippen molar-refractivity contribution < 1.29 is 49.5 Å². The van der Waals surface area contributed by atoms with E-state index in [4.69, 9.17) is 0 Å². The minimum Gasteiger partial charge on any atom is -0.389 e. The summed E-state index contributed by atoms with van der Waals surface area (Å²) in [6, 6.07) is 2.49. The number of hydrogen-bond acceptors (Lipinski definition) is 8. The number of rotatable bonds is 4. The molecular weight excluding hydrogens is 521 g/mol. The molecule has 0 unspecified atom stereocenters. The van der Waals surface area contributed by atoms with Crippen molar-refractivity contribution in [2.24, 2.45) is 4.36 Å². The monoisotopic (exact) mass is 535 g/mol. The first-order valence-corrected chi connectivity index (χ1v) is 10.8. The highest BCUT2D eigenvalue weighted by Crippen LogP contribution is 2.34. The van der Waals surface area contributed by atoms with Crippen molar-refractivity contribution in [2.75, 3.05) is 16.8 Å². The van der Waals surface area contributed by atoms with Gasteiger partial charge in [-0.2, -0.15) is 21.6 Å². The zero-order chi connectivity index (χ0) is 26.7. The Labute approximate surface area is 200 Å². The lowest BCUT2D eigenvalue weighted by atomic mass is 10.1. The first-order valence-electron chi connectivity index (χ1n) is 9.81. The van der Waals surface area contributed by atoms with Crippen LogP contribution in [0.3, 0.4) is 0 Å². The lowest BCUT2D eigenvalue weighted by Gasteiger charge is -2.23. The Morgan fingerprint density at radius 3 is 2.56 bits per heavy atom. The van der Waals surface area contributed by atoms with Gasteiger partial charge in [0.1, 0.15) is 5.82 Å². The molecule has 1 saturated heterocycles. The van der Waals surface area contributed by atoms with Gasteiger partial charge in [-0.25, -0.2) is 23.5 Å². The van der Waals surface area contributed by atoms with E-state index in [1.807, 2.05) is 0 Å². The smallest absolute Gasteiger partial charge is 0.389 e. The summed E-state index contributed by atoms with van der Waals surface area (Å²) in [6.45, 7) is -0.593. The Morgan fingerprint density at radius 2 is 1.89 bits per heavy atom. The van der Waals surface area contributed by atoms with Crippen LogP contribution in [-0.2, 0) is 21.5 Å². The molecule has 2 aromatic heterocycles. The van der Waals surface area contributed by atoms with E-state index in [0.717, 1.165) is 23.2 Å². The second-order valence-electron chi connectivity index (χ2n) is 7.26. The molecule has 17 heteroatoms. The maximum absolute atomic E-state index is 13.8. The van der Waals surface area contributed by atoms with Crippen LogP contribution in [0.5, 0.6) is 5.88 Å². The predicted molar refractivity (Wildman–Crippen MR) is 110 cm³/mol. The third-order valence-corrected chi connectivity index (χ3v) is 5.03. The minimum atomic E-state index is -4.92. The molecule has 0 saturated carbocycles. The highest BCUT2D eigenvalue weighted by Gasteiger charge is 2.38. The number of carbonyl (C=O) groups excluding carboxylic acids is 3. The average molecular weight is 535 g/mol. The Morgan fingerprint density at radius 1 is 1.17 bits per heavy atom. The Hall–Kier alpha value is -4.02. The number of halogens is 5. The maximum Gasteiger partial charge on any atom is 0.455 e. The van der Waals surface area contributed by atoms with Crippen molar-refractivity contribution in [1.29, 1.82) is 0 Å². The molecule has 1 aliphatic heterocycles. The van der Waals surface area contributed by atoms with Gasteiger partial charge in [-0.15, -0.1) is 0 Å². The van der Waals surface area contributed by atoms with Gasteiger partial charge < -0.3 is 10.1 Å². The van der Waals surface area contributed by atoms with Crippen LogP contribution in [-0.4, -0.2) is 48.8 Å². The third kappa shape index (κ3) is 6.77. The molecule has 2 aromatic rings. The van der Waals surface area contributed by atoms with E-state index in [1.54, 1.807) is 0 Å². The van der Waals surface area contributed by atoms with Gasteiger partial charge in [0, 0.05) is 50.0 Å². The fraction of sp³-hybridized carbons (Fsp3) is 0.316. The molecule has 0 radical (unpaired) electrons. The first-order chi connectivity index (χ1) is 16.7. The number of anilines is 2. The molecule has 3 heterocycles. The Bertz CT molecular complexity index is 1340. The predicted octanol–water partition coefficient (Wildman–Crippen LogP) is 3.46. The molecule has 11 nitrogen and oxygen atoms in total. The summed E-state index contributed by atoms with van der Waals surface area (Å²) < 4.78 is 95.3. The van der Waals surface area contributed by atoms with E-state index in [-0.39, 0.29) is 5.69 Å².